The number of carbonyl (C=O) groups excluding carboxylic acids is 2. The highest BCUT2D eigenvalue weighted by Gasteiger charge is 2.38. The zero-order chi connectivity index (χ0) is 16.0. The van der Waals surface area contributed by atoms with Gasteiger partial charge in [-0.1, -0.05) is 11.6 Å². The van der Waals surface area contributed by atoms with E-state index in [1.807, 2.05) is 0 Å². The van der Waals surface area contributed by atoms with Gasteiger partial charge in [-0.15, -0.1) is 0 Å². The molecule has 1 heterocycles. The fourth-order valence-electron chi connectivity index (χ4n) is 1.66. The summed E-state index contributed by atoms with van der Waals surface area (Å²) >= 11 is 5.67. The van der Waals surface area contributed by atoms with Crippen molar-refractivity contribution < 1.29 is 24.0 Å². The van der Waals surface area contributed by atoms with Crippen molar-refractivity contribution in [3.63, 3.8) is 0 Å². The summed E-state index contributed by atoms with van der Waals surface area (Å²) in [6.07, 6.45) is 1.16. The second-order valence-electron chi connectivity index (χ2n) is 3.73. The van der Waals surface area contributed by atoms with Crippen LogP contribution < -0.4 is 0 Å². The zero-order valence-electron chi connectivity index (χ0n) is 11.4. The van der Waals surface area contributed by atoms with Crippen molar-refractivity contribution in [1.82, 2.24) is 4.98 Å². The topological polar surface area (TPSA) is 109 Å². The SMILES string of the molecule is CCOC(=O)C(C(=O)OCC)c1ccnc(Cl)c1[N+](=O)[O-]. The Balaban J connectivity index is 3.39. The molecule has 0 aromatic carbocycles. The summed E-state index contributed by atoms with van der Waals surface area (Å²) in [5, 5.41) is 10.7. The molecule has 0 saturated carbocycles. The monoisotopic (exact) mass is 316 g/mol. The van der Waals surface area contributed by atoms with Gasteiger partial charge >= 0.3 is 17.6 Å². The van der Waals surface area contributed by atoms with Gasteiger partial charge in [0, 0.05) is 6.20 Å². The molecule has 1 rings (SSSR count). The number of nitrogens with zero attached hydrogens (tertiary/aromatic N) is 2. The van der Waals surface area contributed by atoms with E-state index < -0.39 is 33.6 Å². The van der Waals surface area contributed by atoms with Crippen molar-refractivity contribution in [3.05, 3.63) is 33.1 Å². The minimum absolute atomic E-state index is 0.0152. The molecule has 114 valence electrons. The van der Waals surface area contributed by atoms with Gasteiger partial charge in [0.25, 0.3) is 0 Å². The molecule has 0 bridgehead atoms. The average molecular weight is 317 g/mol. The predicted molar refractivity (Wildman–Crippen MR) is 71.9 cm³/mol. The fraction of sp³-hybridized carbons (Fsp3) is 0.417. The fourth-order valence-corrected chi connectivity index (χ4v) is 1.89. The van der Waals surface area contributed by atoms with Gasteiger partial charge in [-0.2, -0.15) is 0 Å². The summed E-state index contributed by atoms with van der Waals surface area (Å²) < 4.78 is 9.55. The summed E-state index contributed by atoms with van der Waals surface area (Å²) in [6.45, 7) is 3.13. The van der Waals surface area contributed by atoms with Crippen molar-refractivity contribution in [3.8, 4) is 0 Å². The number of pyridine rings is 1. The maximum absolute atomic E-state index is 11.9. The molecule has 0 radical (unpaired) electrons. The van der Waals surface area contributed by atoms with Gasteiger partial charge < -0.3 is 9.47 Å². The number of ether oxygens (including phenoxy) is 2. The molecule has 9 heteroatoms. The maximum Gasteiger partial charge on any atom is 0.325 e. The number of aromatic nitrogens is 1. The van der Waals surface area contributed by atoms with E-state index >= 15 is 0 Å². The van der Waals surface area contributed by atoms with Gasteiger partial charge in [-0.3, -0.25) is 19.7 Å². The summed E-state index contributed by atoms with van der Waals surface area (Å²) in [6, 6.07) is 1.17. The molecule has 21 heavy (non-hydrogen) atoms. The van der Waals surface area contributed by atoms with E-state index in [4.69, 9.17) is 21.1 Å². The number of halogens is 1. The second kappa shape index (κ2) is 7.53. The lowest BCUT2D eigenvalue weighted by atomic mass is 9.99. The third-order valence-electron chi connectivity index (χ3n) is 2.45. The van der Waals surface area contributed by atoms with Gasteiger partial charge in [0.2, 0.25) is 5.15 Å². The molecule has 0 amide bonds. The molecular weight excluding hydrogens is 304 g/mol. The van der Waals surface area contributed by atoms with Gasteiger partial charge in [-0.05, 0) is 19.9 Å². The smallest absolute Gasteiger partial charge is 0.325 e. The van der Waals surface area contributed by atoms with Crippen LogP contribution in [0.25, 0.3) is 0 Å². The van der Waals surface area contributed by atoms with Crippen molar-refractivity contribution >= 4 is 29.2 Å². The quantitative estimate of drug-likeness (QED) is 0.259. The average Bonchev–Trinajstić information content (AvgIpc) is 2.39. The first-order chi connectivity index (χ1) is 9.93. The van der Waals surface area contributed by atoms with Gasteiger partial charge in [0.05, 0.1) is 23.7 Å². The standard InChI is InChI=1S/C12H13ClN2O6/c1-3-20-11(16)8(12(17)21-4-2)7-5-6-14-10(13)9(7)15(18)19/h5-6,8H,3-4H2,1-2H3. The third-order valence-corrected chi connectivity index (χ3v) is 2.73. The number of rotatable bonds is 6. The normalized spacial score (nSPS) is 10.3. The van der Waals surface area contributed by atoms with Crippen LogP contribution in [0.1, 0.15) is 25.3 Å². The minimum atomic E-state index is -1.58. The van der Waals surface area contributed by atoms with Gasteiger partial charge in [-0.25, -0.2) is 4.98 Å². The second-order valence-corrected chi connectivity index (χ2v) is 4.09. The van der Waals surface area contributed by atoms with Crippen LogP contribution in [0, 0.1) is 10.1 Å². The van der Waals surface area contributed by atoms with Gasteiger partial charge in [0.15, 0.2) is 5.92 Å². The molecule has 0 unspecified atom stereocenters. The van der Waals surface area contributed by atoms with E-state index in [2.05, 4.69) is 4.98 Å². The highest BCUT2D eigenvalue weighted by Crippen LogP contribution is 2.33. The van der Waals surface area contributed by atoms with Crippen LogP contribution in [0.5, 0.6) is 0 Å². The predicted octanol–water partition coefficient (Wildman–Crippen LogP) is 1.85. The van der Waals surface area contributed by atoms with Crippen molar-refractivity contribution in [2.75, 3.05) is 13.2 Å². The molecule has 0 spiro atoms. The lowest BCUT2D eigenvalue weighted by Gasteiger charge is -2.14. The van der Waals surface area contributed by atoms with Crippen LogP contribution in [0.15, 0.2) is 12.3 Å². The van der Waals surface area contributed by atoms with E-state index in [1.165, 1.54) is 6.07 Å². The zero-order valence-corrected chi connectivity index (χ0v) is 12.1. The molecule has 1 aromatic heterocycles. The molecule has 1 aromatic rings. The first-order valence-electron chi connectivity index (χ1n) is 6.06. The van der Waals surface area contributed by atoms with Crippen molar-refractivity contribution in [2.24, 2.45) is 0 Å². The van der Waals surface area contributed by atoms with Crippen LogP contribution in [0.3, 0.4) is 0 Å². The molecule has 0 N–H and O–H groups in total. The van der Waals surface area contributed by atoms with Crippen LogP contribution >= 0.6 is 11.6 Å². The Kier molecular flexibility index (Phi) is 6.04. The Hall–Kier alpha value is -2.22. The van der Waals surface area contributed by atoms with E-state index in [-0.39, 0.29) is 18.8 Å². The van der Waals surface area contributed by atoms with E-state index in [0.29, 0.717) is 0 Å². The number of hydrogen-bond acceptors (Lipinski definition) is 7. The molecule has 8 nitrogen and oxygen atoms in total. The molecule has 0 aliphatic carbocycles. The number of esters is 2. The Labute approximate surface area is 125 Å². The Morgan fingerprint density at radius 1 is 1.33 bits per heavy atom. The van der Waals surface area contributed by atoms with E-state index in [1.54, 1.807) is 13.8 Å². The molecular formula is C12H13ClN2O6. The highest BCUT2D eigenvalue weighted by molar-refractivity contribution is 6.31. The molecule has 0 aliphatic heterocycles. The molecule has 0 fully saturated rings. The minimum Gasteiger partial charge on any atom is -0.465 e. The van der Waals surface area contributed by atoms with Gasteiger partial charge in [0.1, 0.15) is 0 Å². The van der Waals surface area contributed by atoms with Crippen LogP contribution in [0.2, 0.25) is 5.15 Å². The summed E-state index contributed by atoms with van der Waals surface area (Å²) in [5.41, 5.74) is -0.831. The Morgan fingerprint density at radius 2 is 1.86 bits per heavy atom. The lowest BCUT2D eigenvalue weighted by molar-refractivity contribution is -0.385. The molecule has 0 atom stereocenters. The van der Waals surface area contributed by atoms with E-state index in [9.17, 15) is 19.7 Å². The van der Waals surface area contributed by atoms with Crippen molar-refractivity contribution in [1.29, 1.82) is 0 Å². The number of nitro groups is 1. The largest absolute Gasteiger partial charge is 0.465 e. The summed E-state index contributed by atoms with van der Waals surface area (Å²) in [4.78, 5) is 37.7. The first kappa shape index (κ1) is 16.8. The Morgan fingerprint density at radius 3 is 2.29 bits per heavy atom. The number of carbonyl (C=O) groups is 2. The van der Waals surface area contributed by atoms with E-state index in [0.717, 1.165) is 6.20 Å². The maximum atomic E-state index is 11.9. The molecule has 0 saturated heterocycles. The lowest BCUT2D eigenvalue weighted by Crippen LogP contribution is -2.27. The highest BCUT2D eigenvalue weighted by atomic mass is 35.5. The summed E-state index contributed by atoms with van der Waals surface area (Å²) in [5.74, 6) is -3.46. The third kappa shape index (κ3) is 3.88. The van der Waals surface area contributed by atoms with Crippen LogP contribution in [-0.2, 0) is 19.1 Å². The van der Waals surface area contributed by atoms with Crippen molar-refractivity contribution in [2.45, 2.75) is 19.8 Å². The molecule has 0 aliphatic rings. The Bertz CT molecular complexity index is 545. The first-order valence-corrected chi connectivity index (χ1v) is 6.43. The number of hydrogen-bond donors (Lipinski definition) is 0. The van der Waals surface area contributed by atoms with Crippen LogP contribution in [0.4, 0.5) is 5.69 Å². The summed E-state index contributed by atoms with van der Waals surface area (Å²) in [7, 11) is 0. The van der Waals surface area contributed by atoms with Crippen LogP contribution in [-0.4, -0.2) is 35.1 Å².